The Morgan fingerprint density at radius 2 is 1.21 bits per heavy atom. The van der Waals surface area contributed by atoms with Gasteiger partial charge in [0.05, 0.1) is 18.8 Å². The Labute approximate surface area is 321 Å². The van der Waals surface area contributed by atoms with Crippen LogP contribution in [0.3, 0.4) is 0 Å². The van der Waals surface area contributed by atoms with E-state index in [4.69, 9.17) is 32.9 Å². The highest BCUT2D eigenvalue weighted by atomic mass is 32.1. The van der Waals surface area contributed by atoms with Crippen LogP contribution in [0.5, 0.6) is 11.5 Å². The Bertz CT molecular complexity index is 2400. The first-order valence-electron chi connectivity index (χ1n) is 16.9. The molecule has 0 radical (unpaired) electrons. The van der Waals surface area contributed by atoms with Crippen LogP contribution in [-0.4, -0.2) is 46.4 Å². The minimum Gasteiger partial charge on any atom is -0.481 e. The molecular weight excluding hydrogens is 752 g/mol. The van der Waals surface area contributed by atoms with Crippen LogP contribution in [0.4, 0.5) is 4.39 Å². The molecule has 14 nitrogen and oxygen atoms in total. The summed E-state index contributed by atoms with van der Waals surface area (Å²) in [6.45, 7) is 3.46. The van der Waals surface area contributed by atoms with Crippen LogP contribution >= 0.6 is 11.3 Å². The second-order valence-electron chi connectivity index (χ2n) is 11.4. The molecule has 0 saturated heterocycles. The molecule has 0 amide bonds. The van der Waals surface area contributed by atoms with E-state index in [0.29, 0.717) is 22.7 Å². The van der Waals surface area contributed by atoms with E-state index in [0.717, 1.165) is 23.0 Å². The highest BCUT2D eigenvalue weighted by molar-refractivity contribution is 7.14. The van der Waals surface area contributed by atoms with Gasteiger partial charge in [0, 0.05) is 6.42 Å². The molecule has 0 aliphatic rings. The Morgan fingerprint density at radius 1 is 0.696 bits per heavy atom. The number of halogens is 1. The maximum absolute atomic E-state index is 13.2. The summed E-state index contributed by atoms with van der Waals surface area (Å²) in [4.78, 5) is 60.6. The van der Waals surface area contributed by atoms with E-state index in [1.807, 2.05) is 36.4 Å². The lowest BCUT2D eigenvalue weighted by Crippen LogP contribution is -2.21. The van der Waals surface area contributed by atoms with Gasteiger partial charge in [-0.25, -0.2) is 18.8 Å². The fourth-order valence-electron chi connectivity index (χ4n) is 4.80. The molecule has 0 atom stereocenters. The average molecular weight is 785 g/mol. The number of hydrogen-bond acceptors (Lipinski definition) is 14. The van der Waals surface area contributed by atoms with E-state index < -0.39 is 45.8 Å². The lowest BCUT2D eigenvalue weighted by atomic mass is 10.2. The molecule has 3 aromatic heterocycles. The van der Waals surface area contributed by atoms with Crippen LogP contribution in [-0.2, 0) is 29.1 Å². The molecule has 1 N–H and O–H groups in total. The topological polar surface area (TPSA) is 195 Å². The second kappa shape index (κ2) is 19.4. The first-order chi connectivity index (χ1) is 27.1. The molecule has 288 valence electrons. The van der Waals surface area contributed by atoms with Gasteiger partial charge in [0.25, 0.3) is 11.5 Å². The molecule has 0 saturated carbocycles. The number of esters is 2. The Morgan fingerprint density at radius 3 is 1.73 bits per heavy atom. The second-order valence-corrected chi connectivity index (χ2v) is 12.4. The molecule has 6 aromatic rings. The van der Waals surface area contributed by atoms with Crippen molar-refractivity contribution < 1.29 is 51.7 Å². The summed E-state index contributed by atoms with van der Waals surface area (Å²) in [5.41, 5.74) is 0.412. The number of aromatic nitrogens is 2. The van der Waals surface area contributed by atoms with Crippen LogP contribution in [0.1, 0.15) is 67.0 Å². The van der Waals surface area contributed by atoms with E-state index in [1.165, 1.54) is 23.5 Å². The fourth-order valence-corrected chi connectivity index (χ4v) is 5.68. The third-order valence-corrected chi connectivity index (χ3v) is 8.43. The molecule has 0 unspecified atom stereocenters. The SMILES string of the molecule is CCOC(=O)c1occ(-c2nnc(Cc3ccc(F)cc3)s2)c(=O)c1OCc1ccccc1.CCOC(=O)c1occ(C(=O)O)c(=O)c1OCc1ccccc1. The predicted octanol–water partition coefficient (Wildman–Crippen LogP) is 6.74. The van der Waals surface area contributed by atoms with Gasteiger partial charge in [0.1, 0.15) is 42.1 Å². The number of ether oxygens (including phenoxy) is 4. The van der Waals surface area contributed by atoms with Gasteiger partial charge in [0.15, 0.2) is 5.01 Å². The van der Waals surface area contributed by atoms with E-state index in [2.05, 4.69) is 10.2 Å². The van der Waals surface area contributed by atoms with Gasteiger partial charge in [-0.1, -0.05) is 84.1 Å². The van der Waals surface area contributed by atoms with Crippen molar-refractivity contribution in [2.24, 2.45) is 0 Å². The van der Waals surface area contributed by atoms with Gasteiger partial charge in [-0.15, -0.1) is 10.2 Å². The van der Waals surface area contributed by atoms with Crippen LogP contribution < -0.4 is 20.3 Å². The maximum atomic E-state index is 13.2. The summed E-state index contributed by atoms with van der Waals surface area (Å²) >= 11 is 1.20. The number of aromatic carboxylic acids is 1. The van der Waals surface area contributed by atoms with E-state index in [1.54, 1.807) is 50.2 Å². The smallest absolute Gasteiger partial charge is 0.378 e. The summed E-state index contributed by atoms with van der Waals surface area (Å²) in [5, 5.41) is 18.2. The Balaban J connectivity index is 0.000000229. The lowest BCUT2D eigenvalue weighted by molar-refractivity contribution is 0.0468. The summed E-state index contributed by atoms with van der Waals surface area (Å²) in [6.07, 6.45) is 2.29. The minimum absolute atomic E-state index is 0.0267. The lowest BCUT2D eigenvalue weighted by Gasteiger charge is -2.10. The van der Waals surface area contributed by atoms with E-state index in [9.17, 15) is 28.4 Å². The molecule has 6 rings (SSSR count). The summed E-state index contributed by atoms with van der Waals surface area (Å²) in [6, 6.07) is 24.2. The molecule has 3 heterocycles. The highest BCUT2D eigenvalue weighted by Gasteiger charge is 2.26. The monoisotopic (exact) mass is 784 g/mol. The zero-order valence-electron chi connectivity index (χ0n) is 29.9. The van der Waals surface area contributed by atoms with E-state index in [-0.39, 0.29) is 49.3 Å². The minimum atomic E-state index is -1.47. The molecule has 16 heteroatoms. The molecule has 0 bridgehead atoms. The van der Waals surface area contributed by atoms with Crippen LogP contribution in [0.25, 0.3) is 10.6 Å². The Kier molecular flexibility index (Phi) is 13.9. The largest absolute Gasteiger partial charge is 0.481 e. The van der Waals surface area contributed by atoms with Crippen molar-refractivity contribution in [1.82, 2.24) is 10.2 Å². The maximum Gasteiger partial charge on any atom is 0.378 e. The predicted molar refractivity (Wildman–Crippen MR) is 198 cm³/mol. The third kappa shape index (κ3) is 10.4. The van der Waals surface area contributed by atoms with Gasteiger partial charge in [-0.05, 0) is 42.7 Å². The fraction of sp³-hybridized carbons (Fsp3) is 0.175. The number of nitrogens with zero attached hydrogens (tertiary/aromatic N) is 2. The Hall–Kier alpha value is -6.94. The first-order valence-corrected chi connectivity index (χ1v) is 17.7. The number of carbonyl (C=O) groups excluding carboxylic acids is 2. The van der Waals surface area contributed by atoms with Gasteiger partial charge >= 0.3 is 17.9 Å². The van der Waals surface area contributed by atoms with Crippen molar-refractivity contribution >= 4 is 29.2 Å². The van der Waals surface area contributed by atoms with Gasteiger partial charge in [-0.3, -0.25) is 9.59 Å². The zero-order valence-corrected chi connectivity index (χ0v) is 30.7. The normalized spacial score (nSPS) is 10.5. The number of benzene rings is 3. The molecule has 0 aliphatic carbocycles. The first kappa shape index (κ1) is 40.2. The van der Waals surface area contributed by atoms with Gasteiger partial charge < -0.3 is 32.9 Å². The summed E-state index contributed by atoms with van der Waals surface area (Å²) in [5.74, 6) is -4.98. The van der Waals surface area contributed by atoms with Crippen LogP contribution in [0.15, 0.2) is 116 Å². The number of rotatable bonds is 14. The summed E-state index contributed by atoms with van der Waals surface area (Å²) in [7, 11) is 0. The molecule has 0 fully saturated rings. The molecular formula is C40H33FN2O12S. The summed E-state index contributed by atoms with van der Waals surface area (Å²) < 4.78 is 44.4. The van der Waals surface area contributed by atoms with Crippen molar-refractivity contribution in [1.29, 1.82) is 0 Å². The van der Waals surface area contributed by atoms with Crippen molar-refractivity contribution in [3.05, 3.63) is 163 Å². The standard InChI is InChI=1S/C24H19FN2O5S.C16H14O7/c1-2-30-24(29)22-21(31-13-16-6-4-3-5-7-16)20(28)18(14-32-22)23-27-26-19(33-23)12-15-8-10-17(25)11-9-15;1-2-21-16(20)14-13(12(17)11(9-23-14)15(18)19)22-8-10-6-4-3-5-7-10/h3-11,14H,2,12-13H2,1H3;3-7,9H,2,8H2,1H3,(H,18,19). The number of hydrogen-bond donors (Lipinski definition) is 1. The average Bonchev–Trinajstić information content (AvgIpc) is 3.66. The van der Waals surface area contributed by atoms with Crippen molar-refractivity contribution in [2.45, 2.75) is 33.5 Å². The van der Waals surface area contributed by atoms with Crippen molar-refractivity contribution in [3.63, 3.8) is 0 Å². The number of carbonyl (C=O) groups is 3. The molecule has 0 spiro atoms. The third-order valence-electron chi connectivity index (χ3n) is 7.47. The zero-order chi connectivity index (χ0) is 40.0. The molecule has 56 heavy (non-hydrogen) atoms. The number of carboxylic acids is 1. The van der Waals surface area contributed by atoms with Crippen molar-refractivity contribution in [2.75, 3.05) is 13.2 Å². The quantitative estimate of drug-likeness (QED) is 0.114. The highest BCUT2D eigenvalue weighted by Crippen LogP contribution is 2.27. The van der Waals surface area contributed by atoms with Gasteiger partial charge in [-0.2, -0.15) is 0 Å². The van der Waals surface area contributed by atoms with E-state index >= 15 is 0 Å². The van der Waals surface area contributed by atoms with Gasteiger partial charge in [0.2, 0.25) is 22.4 Å². The number of carboxylic acid groups (broad SMARTS) is 1. The van der Waals surface area contributed by atoms with Crippen LogP contribution in [0, 0.1) is 5.82 Å². The van der Waals surface area contributed by atoms with Crippen LogP contribution in [0.2, 0.25) is 0 Å². The molecule has 0 aliphatic heterocycles. The van der Waals surface area contributed by atoms with Crippen molar-refractivity contribution in [3.8, 4) is 22.1 Å². The molecule has 3 aromatic carbocycles.